The SMILES string of the molecule is CCOc1cc(C(=O)NCC(c2ccccc2OC)N2CCCC2)c([N+](=O)[O-])cc1OC. The molecule has 1 aliphatic heterocycles. The van der Waals surface area contributed by atoms with Crippen molar-refractivity contribution in [2.75, 3.05) is 40.5 Å². The fourth-order valence-electron chi connectivity index (χ4n) is 4.03. The van der Waals surface area contributed by atoms with Gasteiger partial charge in [-0.05, 0) is 38.9 Å². The lowest BCUT2D eigenvalue weighted by atomic mass is 10.0. The highest BCUT2D eigenvalue weighted by molar-refractivity contribution is 5.99. The van der Waals surface area contributed by atoms with Gasteiger partial charge in [0.2, 0.25) is 0 Å². The van der Waals surface area contributed by atoms with Crippen molar-refractivity contribution in [2.45, 2.75) is 25.8 Å². The molecule has 1 aliphatic rings. The molecular formula is C23H29N3O6. The number of nitro groups is 1. The number of methoxy groups -OCH3 is 2. The van der Waals surface area contributed by atoms with Crippen LogP contribution in [0.5, 0.6) is 17.2 Å². The van der Waals surface area contributed by atoms with Crippen molar-refractivity contribution >= 4 is 11.6 Å². The monoisotopic (exact) mass is 443 g/mol. The first kappa shape index (κ1) is 23.3. The predicted molar refractivity (Wildman–Crippen MR) is 120 cm³/mol. The van der Waals surface area contributed by atoms with E-state index in [1.807, 2.05) is 24.3 Å². The number of benzene rings is 2. The quantitative estimate of drug-likeness (QED) is 0.442. The van der Waals surface area contributed by atoms with Crippen molar-refractivity contribution in [3.8, 4) is 17.2 Å². The lowest BCUT2D eigenvalue weighted by molar-refractivity contribution is -0.385. The van der Waals surface area contributed by atoms with Gasteiger partial charge in [0, 0.05) is 18.2 Å². The average Bonchev–Trinajstić information content (AvgIpc) is 3.33. The Morgan fingerprint density at radius 1 is 1.12 bits per heavy atom. The molecule has 1 fully saturated rings. The number of nitrogens with zero attached hydrogens (tertiary/aromatic N) is 2. The van der Waals surface area contributed by atoms with Crippen LogP contribution in [-0.4, -0.2) is 56.2 Å². The minimum absolute atomic E-state index is 0.0700. The Hall–Kier alpha value is -3.33. The molecular weight excluding hydrogens is 414 g/mol. The lowest BCUT2D eigenvalue weighted by Gasteiger charge is -2.29. The standard InChI is InChI=1S/C23H29N3O6/c1-4-32-22-13-17(18(26(28)29)14-21(22)31-3)23(27)24-15-19(25-11-7-8-12-25)16-9-5-6-10-20(16)30-2/h5-6,9-10,13-14,19H,4,7-8,11-12,15H2,1-3H3,(H,24,27). The fraction of sp³-hybridized carbons (Fsp3) is 0.435. The van der Waals surface area contributed by atoms with E-state index in [1.54, 1.807) is 14.0 Å². The van der Waals surface area contributed by atoms with Gasteiger partial charge in [-0.3, -0.25) is 19.8 Å². The van der Waals surface area contributed by atoms with E-state index in [1.165, 1.54) is 19.2 Å². The molecule has 9 nitrogen and oxygen atoms in total. The third-order valence-electron chi connectivity index (χ3n) is 5.56. The molecule has 32 heavy (non-hydrogen) atoms. The maximum atomic E-state index is 13.1. The van der Waals surface area contributed by atoms with Gasteiger partial charge in [-0.25, -0.2) is 0 Å². The summed E-state index contributed by atoms with van der Waals surface area (Å²) in [5.74, 6) is 0.692. The van der Waals surface area contributed by atoms with E-state index in [4.69, 9.17) is 14.2 Å². The van der Waals surface area contributed by atoms with Gasteiger partial charge in [0.05, 0.1) is 37.9 Å². The van der Waals surface area contributed by atoms with Crippen molar-refractivity contribution < 1.29 is 23.9 Å². The first-order chi connectivity index (χ1) is 15.5. The first-order valence-electron chi connectivity index (χ1n) is 10.6. The molecule has 172 valence electrons. The van der Waals surface area contributed by atoms with Crippen LogP contribution in [0.25, 0.3) is 0 Å². The molecule has 0 radical (unpaired) electrons. The molecule has 2 aromatic carbocycles. The summed E-state index contributed by atoms with van der Waals surface area (Å²) in [4.78, 5) is 26.4. The molecule has 1 unspecified atom stereocenters. The van der Waals surface area contributed by atoms with E-state index in [0.29, 0.717) is 6.61 Å². The van der Waals surface area contributed by atoms with Gasteiger partial charge in [-0.2, -0.15) is 0 Å². The van der Waals surface area contributed by atoms with Gasteiger partial charge >= 0.3 is 0 Å². The second-order valence-electron chi connectivity index (χ2n) is 7.42. The van der Waals surface area contributed by atoms with Gasteiger partial charge < -0.3 is 19.5 Å². The van der Waals surface area contributed by atoms with Crippen molar-refractivity contribution in [2.24, 2.45) is 0 Å². The number of nitrogens with one attached hydrogen (secondary N) is 1. The Morgan fingerprint density at radius 3 is 2.44 bits per heavy atom. The molecule has 0 spiro atoms. The molecule has 0 aromatic heterocycles. The second kappa shape index (κ2) is 10.8. The van der Waals surface area contributed by atoms with E-state index in [2.05, 4.69) is 10.2 Å². The van der Waals surface area contributed by atoms with Crippen molar-refractivity contribution in [1.29, 1.82) is 0 Å². The van der Waals surface area contributed by atoms with E-state index >= 15 is 0 Å². The Labute approximate surface area is 187 Å². The van der Waals surface area contributed by atoms with Gasteiger partial charge in [-0.1, -0.05) is 18.2 Å². The summed E-state index contributed by atoms with van der Waals surface area (Å²) in [5, 5.41) is 14.5. The number of rotatable bonds is 10. The highest BCUT2D eigenvalue weighted by atomic mass is 16.6. The van der Waals surface area contributed by atoms with Crippen LogP contribution in [0, 0.1) is 10.1 Å². The summed E-state index contributed by atoms with van der Waals surface area (Å²) in [7, 11) is 3.02. The summed E-state index contributed by atoms with van der Waals surface area (Å²) < 4.78 is 16.2. The molecule has 0 aliphatic carbocycles. The summed E-state index contributed by atoms with van der Waals surface area (Å²) in [6.07, 6.45) is 2.17. The summed E-state index contributed by atoms with van der Waals surface area (Å²) in [6.45, 7) is 4.23. The number of hydrogen-bond donors (Lipinski definition) is 1. The normalized spacial score (nSPS) is 14.6. The zero-order valence-corrected chi connectivity index (χ0v) is 18.6. The zero-order chi connectivity index (χ0) is 23.1. The number of amides is 1. The number of likely N-dealkylation sites (tertiary alicyclic amines) is 1. The second-order valence-corrected chi connectivity index (χ2v) is 7.42. The van der Waals surface area contributed by atoms with Crippen LogP contribution in [-0.2, 0) is 0 Å². The predicted octanol–water partition coefficient (Wildman–Crippen LogP) is 3.58. The van der Waals surface area contributed by atoms with Gasteiger partial charge in [0.25, 0.3) is 11.6 Å². The molecule has 1 saturated heterocycles. The van der Waals surface area contributed by atoms with Crippen molar-refractivity contribution in [1.82, 2.24) is 10.2 Å². The Bertz CT molecular complexity index is 959. The largest absolute Gasteiger partial charge is 0.496 e. The van der Waals surface area contributed by atoms with Gasteiger partial charge in [0.1, 0.15) is 11.3 Å². The Kier molecular flexibility index (Phi) is 7.88. The summed E-state index contributed by atoms with van der Waals surface area (Å²) in [5.41, 5.74) is 0.564. The van der Waals surface area contributed by atoms with Crippen LogP contribution in [0.2, 0.25) is 0 Å². The molecule has 3 rings (SSSR count). The average molecular weight is 444 g/mol. The van der Waals surface area contributed by atoms with Crippen LogP contribution >= 0.6 is 0 Å². The molecule has 9 heteroatoms. The Morgan fingerprint density at radius 2 is 1.81 bits per heavy atom. The topological polar surface area (TPSA) is 103 Å². The highest BCUT2D eigenvalue weighted by Gasteiger charge is 2.29. The third-order valence-corrected chi connectivity index (χ3v) is 5.56. The van der Waals surface area contributed by atoms with Crippen molar-refractivity contribution in [3.05, 3.63) is 57.6 Å². The van der Waals surface area contributed by atoms with Crippen LogP contribution in [0.4, 0.5) is 5.69 Å². The van der Waals surface area contributed by atoms with Gasteiger partial charge in [0.15, 0.2) is 11.5 Å². The minimum atomic E-state index is -0.592. The van der Waals surface area contributed by atoms with Crippen LogP contribution in [0.15, 0.2) is 36.4 Å². The maximum absolute atomic E-state index is 13.1. The molecule has 2 aromatic rings. The smallest absolute Gasteiger partial charge is 0.286 e. The molecule has 0 saturated carbocycles. The molecule has 1 atom stereocenters. The first-order valence-corrected chi connectivity index (χ1v) is 10.6. The van der Waals surface area contributed by atoms with Crippen LogP contribution in [0.3, 0.4) is 0 Å². The van der Waals surface area contributed by atoms with Crippen LogP contribution < -0.4 is 19.5 Å². The Balaban J connectivity index is 1.89. The number of carbonyl (C=O) groups is 1. The number of carbonyl (C=O) groups excluding carboxylic acids is 1. The molecule has 1 heterocycles. The lowest BCUT2D eigenvalue weighted by Crippen LogP contribution is -2.37. The van der Waals surface area contributed by atoms with E-state index in [9.17, 15) is 14.9 Å². The van der Waals surface area contributed by atoms with Crippen molar-refractivity contribution in [3.63, 3.8) is 0 Å². The third kappa shape index (κ3) is 5.11. The van der Waals surface area contributed by atoms with E-state index < -0.39 is 10.8 Å². The molecule has 1 amide bonds. The highest BCUT2D eigenvalue weighted by Crippen LogP contribution is 2.35. The number of nitro benzene ring substituents is 1. The summed E-state index contributed by atoms with van der Waals surface area (Å²) >= 11 is 0. The van der Waals surface area contributed by atoms with E-state index in [0.717, 1.165) is 37.2 Å². The summed E-state index contributed by atoms with van der Waals surface area (Å²) in [6, 6.07) is 10.2. The minimum Gasteiger partial charge on any atom is -0.496 e. The number of para-hydroxylation sites is 1. The molecule has 0 bridgehead atoms. The molecule has 1 N–H and O–H groups in total. The van der Waals surface area contributed by atoms with E-state index in [-0.39, 0.29) is 35.3 Å². The number of hydrogen-bond acceptors (Lipinski definition) is 7. The maximum Gasteiger partial charge on any atom is 0.286 e. The number of ether oxygens (including phenoxy) is 3. The fourth-order valence-corrected chi connectivity index (χ4v) is 4.03. The van der Waals surface area contributed by atoms with Crippen LogP contribution in [0.1, 0.15) is 41.7 Å². The zero-order valence-electron chi connectivity index (χ0n) is 18.6. The van der Waals surface area contributed by atoms with Gasteiger partial charge in [-0.15, -0.1) is 0 Å².